The number of nitrogen functional groups attached to an aromatic ring is 1. The molecule has 0 heterocycles. The van der Waals surface area contributed by atoms with Crippen LogP contribution in [0.1, 0.15) is 5.56 Å². The molecule has 0 unspecified atom stereocenters. The molecule has 2 aromatic rings. The Morgan fingerprint density at radius 3 is 2.20 bits per heavy atom. The third kappa shape index (κ3) is 3.06. The summed E-state index contributed by atoms with van der Waals surface area (Å²) < 4.78 is 39.9. The molecule has 0 fully saturated rings. The van der Waals surface area contributed by atoms with Gasteiger partial charge >= 0.3 is 0 Å². The number of nitrogens with two attached hydrogens (primary N) is 1. The highest BCUT2D eigenvalue weighted by Crippen LogP contribution is 2.19. The number of sulfonamides is 1. The SMILES string of the molecule is Cc1ccc(NS(=O)(=O)c2ccc(NN)cc2)cc1F. The van der Waals surface area contributed by atoms with Crippen LogP contribution >= 0.6 is 0 Å². The van der Waals surface area contributed by atoms with Crippen LogP contribution in [0.5, 0.6) is 0 Å². The van der Waals surface area contributed by atoms with Crippen molar-refractivity contribution in [2.24, 2.45) is 5.84 Å². The lowest BCUT2D eigenvalue weighted by Gasteiger charge is -2.09. The molecule has 0 radical (unpaired) electrons. The maximum Gasteiger partial charge on any atom is 0.261 e. The zero-order chi connectivity index (χ0) is 14.8. The number of nitrogens with one attached hydrogen (secondary N) is 2. The molecule has 0 bridgehead atoms. The molecule has 0 aliphatic rings. The Bertz CT molecular complexity index is 715. The Morgan fingerprint density at radius 1 is 1.05 bits per heavy atom. The van der Waals surface area contributed by atoms with Gasteiger partial charge in [-0.05, 0) is 48.9 Å². The second kappa shape index (κ2) is 5.48. The molecule has 0 saturated heterocycles. The second-order valence-corrected chi connectivity index (χ2v) is 5.92. The number of rotatable bonds is 4. The van der Waals surface area contributed by atoms with Crippen LogP contribution < -0.4 is 16.0 Å². The fraction of sp³-hybridized carbons (Fsp3) is 0.0769. The molecular weight excluding hydrogens is 281 g/mol. The molecule has 2 rings (SSSR count). The molecule has 0 saturated carbocycles. The summed E-state index contributed by atoms with van der Waals surface area (Å²) >= 11 is 0. The quantitative estimate of drug-likeness (QED) is 0.596. The molecule has 0 aromatic heterocycles. The first-order chi connectivity index (χ1) is 9.42. The van der Waals surface area contributed by atoms with Gasteiger partial charge in [0.2, 0.25) is 0 Å². The number of aryl methyl sites for hydroxylation is 1. The Labute approximate surface area is 116 Å². The van der Waals surface area contributed by atoms with Crippen LogP contribution in [0, 0.1) is 12.7 Å². The normalized spacial score (nSPS) is 11.2. The molecule has 5 nitrogen and oxygen atoms in total. The van der Waals surface area contributed by atoms with Crippen molar-refractivity contribution >= 4 is 21.4 Å². The van der Waals surface area contributed by atoms with Crippen molar-refractivity contribution in [2.45, 2.75) is 11.8 Å². The van der Waals surface area contributed by atoms with E-state index in [0.29, 0.717) is 11.3 Å². The average Bonchev–Trinajstić information content (AvgIpc) is 2.43. The van der Waals surface area contributed by atoms with Crippen LogP contribution in [0.2, 0.25) is 0 Å². The molecular formula is C13H14FN3O2S. The fourth-order valence-corrected chi connectivity index (χ4v) is 2.65. The van der Waals surface area contributed by atoms with Gasteiger partial charge in [-0.25, -0.2) is 12.8 Å². The summed E-state index contributed by atoms with van der Waals surface area (Å²) in [6, 6.07) is 10.0. The van der Waals surface area contributed by atoms with Crippen molar-refractivity contribution < 1.29 is 12.8 Å². The minimum absolute atomic E-state index is 0.0671. The van der Waals surface area contributed by atoms with Crippen molar-refractivity contribution in [1.29, 1.82) is 0 Å². The van der Waals surface area contributed by atoms with E-state index in [2.05, 4.69) is 10.1 Å². The first kappa shape index (κ1) is 14.3. The average molecular weight is 295 g/mol. The number of hydrogen-bond acceptors (Lipinski definition) is 4. The maximum absolute atomic E-state index is 13.4. The van der Waals surface area contributed by atoms with Gasteiger partial charge in [-0.1, -0.05) is 6.07 Å². The van der Waals surface area contributed by atoms with E-state index in [-0.39, 0.29) is 10.6 Å². The van der Waals surface area contributed by atoms with Gasteiger partial charge in [0.25, 0.3) is 10.0 Å². The predicted molar refractivity (Wildman–Crippen MR) is 76.2 cm³/mol. The summed E-state index contributed by atoms with van der Waals surface area (Å²) in [4.78, 5) is 0.0671. The van der Waals surface area contributed by atoms with E-state index in [9.17, 15) is 12.8 Å². The van der Waals surface area contributed by atoms with Gasteiger partial charge in [0.05, 0.1) is 10.6 Å². The Hall–Kier alpha value is -2.12. The van der Waals surface area contributed by atoms with Gasteiger partial charge < -0.3 is 5.43 Å². The number of benzene rings is 2. The summed E-state index contributed by atoms with van der Waals surface area (Å²) in [6.07, 6.45) is 0. The van der Waals surface area contributed by atoms with Gasteiger partial charge in [0.15, 0.2) is 0 Å². The Balaban J connectivity index is 2.27. The number of hydrogen-bond donors (Lipinski definition) is 3. The third-order valence-corrected chi connectivity index (χ3v) is 4.15. The molecule has 4 N–H and O–H groups in total. The molecule has 0 aliphatic carbocycles. The van der Waals surface area contributed by atoms with E-state index in [4.69, 9.17) is 5.84 Å². The highest BCUT2D eigenvalue weighted by molar-refractivity contribution is 7.92. The zero-order valence-electron chi connectivity index (χ0n) is 10.7. The maximum atomic E-state index is 13.4. The highest BCUT2D eigenvalue weighted by Gasteiger charge is 2.14. The molecule has 0 atom stereocenters. The van der Waals surface area contributed by atoms with Crippen LogP contribution in [0.4, 0.5) is 15.8 Å². The van der Waals surface area contributed by atoms with E-state index >= 15 is 0 Å². The van der Waals surface area contributed by atoms with E-state index in [1.165, 1.54) is 36.4 Å². The Kier molecular flexibility index (Phi) is 3.91. The number of hydrazine groups is 1. The standard InChI is InChI=1S/C13H14FN3O2S/c1-9-2-3-11(8-13(9)14)17-20(18,19)12-6-4-10(16-15)5-7-12/h2-8,16-17H,15H2,1H3. The third-order valence-electron chi connectivity index (χ3n) is 2.76. The van der Waals surface area contributed by atoms with E-state index < -0.39 is 15.8 Å². The fourth-order valence-electron chi connectivity index (χ4n) is 1.60. The molecule has 106 valence electrons. The molecule has 7 heteroatoms. The van der Waals surface area contributed by atoms with Crippen molar-refractivity contribution in [3.05, 3.63) is 53.8 Å². The number of halogens is 1. The smallest absolute Gasteiger partial charge is 0.261 e. The monoisotopic (exact) mass is 295 g/mol. The second-order valence-electron chi connectivity index (χ2n) is 4.24. The lowest BCUT2D eigenvalue weighted by atomic mass is 10.2. The molecule has 20 heavy (non-hydrogen) atoms. The van der Waals surface area contributed by atoms with E-state index in [1.807, 2.05) is 0 Å². The van der Waals surface area contributed by atoms with Crippen LogP contribution in [-0.2, 0) is 10.0 Å². The lowest BCUT2D eigenvalue weighted by molar-refractivity contribution is 0.601. The van der Waals surface area contributed by atoms with Crippen molar-refractivity contribution in [2.75, 3.05) is 10.1 Å². The first-order valence-electron chi connectivity index (χ1n) is 5.78. The summed E-state index contributed by atoms with van der Waals surface area (Å²) in [6.45, 7) is 1.60. The minimum atomic E-state index is -3.75. The zero-order valence-corrected chi connectivity index (χ0v) is 11.5. The largest absolute Gasteiger partial charge is 0.324 e. The highest BCUT2D eigenvalue weighted by atomic mass is 32.2. The van der Waals surface area contributed by atoms with Crippen LogP contribution in [0.15, 0.2) is 47.4 Å². The van der Waals surface area contributed by atoms with Gasteiger partial charge in [-0.2, -0.15) is 0 Å². The van der Waals surface area contributed by atoms with Crippen LogP contribution in [0.3, 0.4) is 0 Å². The van der Waals surface area contributed by atoms with Crippen molar-refractivity contribution in [1.82, 2.24) is 0 Å². The van der Waals surface area contributed by atoms with Crippen molar-refractivity contribution in [3.8, 4) is 0 Å². The van der Waals surface area contributed by atoms with Crippen molar-refractivity contribution in [3.63, 3.8) is 0 Å². The Morgan fingerprint density at radius 2 is 1.65 bits per heavy atom. The molecule has 2 aromatic carbocycles. The summed E-state index contributed by atoms with van der Waals surface area (Å²) in [5, 5.41) is 0. The van der Waals surface area contributed by atoms with Crippen LogP contribution in [-0.4, -0.2) is 8.42 Å². The molecule has 0 amide bonds. The van der Waals surface area contributed by atoms with Gasteiger partial charge in [-0.15, -0.1) is 0 Å². The van der Waals surface area contributed by atoms with Gasteiger partial charge in [0.1, 0.15) is 5.82 Å². The van der Waals surface area contributed by atoms with Crippen LogP contribution in [0.25, 0.3) is 0 Å². The van der Waals surface area contributed by atoms with E-state index in [1.54, 1.807) is 6.92 Å². The number of anilines is 2. The minimum Gasteiger partial charge on any atom is -0.324 e. The van der Waals surface area contributed by atoms with E-state index in [0.717, 1.165) is 6.07 Å². The lowest BCUT2D eigenvalue weighted by Crippen LogP contribution is -2.13. The molecule has 0 aliphatic heterocycles. The molecule has 0 spiro atoms. The first-order valence-corrected chi connectivity index (χ1v) is 7.26. The van der Waals surface area contributed by atoms with Gasteiger partial charge in [0, 0.05) is 5.69 Å². The summed E-state index contributed by atoms with van der Waals surface area (Å²) in [5.41, 5.74) is 3.62. The summed E-state index contributed by atoms with van der Waals surface area (Å²) in [7, 11) is -3.75. The summed E-state index contributed by atoms with van der Waals surface area (Å²) in [5.74, 6) is 4.74. The van der Waals surface area contributed by atoms with Gasteiger partial charge in [-0.3, -0.25) is 10.6 Å². The predicted octanol–water partition coefficient (Wildman–Crippen LogP) is 2.22. The topological polar surface area (TPSA) is 84.2 Å².